The molecular formula is C10H18O5S2. The molecule has 0 bridgehead atoms. The summed E-state index contributed by atoms with van der Waals surface area (Å²) in [6.07, 6.45) is 4.72. The lowest BCUT2D eigenvalue weighted by Gasteiger charge is -2.05. The maximum absolute atomic E-state index is 11.3. The van der Waals surface area contributed by atoms with Crippen molar-refractivity contribution in [1.82, 2.24) is 0 Å². The van der Waals surface area contributed by atoms with Crippen LogP contribution in [0.15, 0.2) is 25.3 Å². The predicted molar refractivity (Wildman–Crippen MR) is 67.5 cm³/mol. The first kappa shape index (κ1) is 16.3. The Morgan fingerprint density at radius 1 is 0.824 bits per heavy atom. The monoisotopic (exact) mass is 282 g/mol. The van der Waals surface area contributed by atoms with Crippen molar-refractivity contribution < 1.29 is 20.5 Å². The van der Waals surface area contributed by atoms with Gasteiger partial charge in [0.2, 0.25) is 0 Å². The molecule has 100 valence electrons. The zero-order chi connectivity index (χ0) is 13.4. The molecule has 0 rings (SSSR count). The van der Waals surface area contributed by atoms with E-state index in [1.807, 2.05) is 0 Å². The molecule has 0 fully saturated rings. The average molecular weight is 282 g/mol. The second kappa shape index (κ2) is 7.62. The van der Waals surface area contributed by atoms with Crippen LogP contribution in [0, 0.1) is 0 Å². The summed E-state index contributed by atoms with van der Waals surface area (Å²) < 4.78 is 49.4. The van der Waals surface area contributed by atoms with Crippen LogP contribution in [0.1, 0.15) is 25.7 Å². The fourth-order valence-electron chi connectivity index (χ4n) is 1.03. The second-order valence-corrected chi connectivity index (χ2v) is 7.04. The normalized spacial score (nSPS) is 12.2. The van der Waals surface area contributed by atoms with Crippen LogP contribution in [0.5, 0.6) is 0 Å². The molecule has 0 aromatic rings. The molecule has 0 aliphatic heterocycles. The number of hydrogen-bond donors (Lipinski definition) is 0. The van der Waals surface area contributed by atoms with E-state index in [9.17, 15) is 16.8 Å². The highest BCUT2D eigenvalue weighted by Crippen LogP contribution is 2.07. The number of rotatable bonds is 10. The number of unbranched alkanes of at least 4 members (excludes halogenated alkanes) is 2. The van der Waals surface area contributed by atoms with Gasteiger partial charge < -0.3 is 0 Å². The first-order valence-corrected chi connectivity index (χ1v) is 8.37. The molecule has 0 aromatic heterocycles. The Hall–Kier alpha value is -0.660. The van der Waals surface area contributed by atoms with Crippen molar-refractivity contribution >= 4 is 20.2 Å². The van der Waals surface area contributed by atoms with Gasteiger partial charge in [-0.1, -0.05) is 12.2 Å². The van der Waals surface area contributed by atoms with E-state index in [1.165, 1.54) is 0 Å². The molecule has 0 aliphatic rings. The Morgan fingerprint density at radius 3 is 1.47 bits per heavy atom. The van der Waals surface area contributed by atoms with E-state index in [2.05, 4.69) is 16.8 Å². The third kappa shape index (κ3) is 9.08. The fraction of sp³-hybridized carbons (Fsp3) is 0.600. The Morgan fingerprint density at radius 2 is 1.18 bits per heavy atom. The van der Waals surface area contributed by atoms with Crippen molar-refractivity contribution in [2.75, 3.05) is 11.5 Å². The minimum atomic E-state index is -4.01. The highest BCUT2D eigenvalue weighted by Gasteiger charge is 2.21. The van der Waals surface area contributed by atoms with Crippen molar-refractivity contribution in [1.29, 1.82) is 0 Å². The number of hydrogen-bond acceptors (Lipinski definition) is 5. The van der Waals surface area contributed by atoms with Crippen LogP contribution >= 0.6 is 0 Å². The molecule has 0 aromatic carbocycles. The van der Waals surface area contributed by atoms with Crippen molar-refractivity contribution in [3.8, 4) is 0 Å². The minimum Gasteiger partial charge on any atom is -0.198 e. The van der Waals surface area contributed by atoms with Gasteiger partial charge >= 0.3 is 0 Å². The van der Waals surface area contributed by atoms with E-state index in [4.69, 9.17) is 0 Å². The van der Waals surface area contributed by atoms with Crippen molar-refractivity contribution in [3.05, 3.63) is 25.3 Å². The molecule has 5 nitrogen and oxygen atoms in total. The van der Waals surface area contributed by atoms with Crippen LogP contribution in [0.2, 0.25) is 0 Å². The van der Waals surface area contributed by atoms with Gasteiger partial charge in [-0.25, -0.2) is 0 Å². The van der Waals surface area contributed by atoms with E-state index in [1.54, 1.807) is 12.2 Å². The van der Waals surface area contributed by atoms with E-state index < -0.39 is 20.2 Å². The Balaban J connectivity index is 4.28. The van der Waals surface area contributed by atoms with E-state index in [0.29, 0.717) is 25.7 Å². The lowest BCUT2D eigenvalue weighted by atomic mass is 10.3. The SMILES string of the molecule is C=CCCCS(=O)(=O)OS(=O)(=O)CCCC=C. The highest BCUT2D eigenvalue weighted by molar-refractivity contribution is 7.99. The van der Waals surface area contributed by atoms with E-state index >= 15 is 0 Å². The summed E-state index contributed by atoms with van der Waals surface area (Å²) in [5, 5.41) is 0. The van der Waals surface area contributed by atoms with Crippen molar-refractivity contribution in [2.45, 2.75) is 25.7 Å². The molecule has 0 radical (unpaired) electrons. The van der Waals surface area contributed by atoms with Crippen LogP contribution in [-0.2, 0) is 23.9 Å². The maximum atomic E-state index is 11.3. The molecule has 0 N–H and O–H groups in total. The topological polar surface area (TPSA) is 77.5 Å². The van der Waals surface area contributed by atoms with Gasteiger partial charge in [0, 0.05) is 0 Å². The van der Waals surface area contributed by atoms with Gasteiger partial charge in [-0.2, -0.15) is 16.8 Å². The van der Waals surface area contributed by atoms with Gasteiger partial charge in [0.05, 0.1) is 11.5 Å². The van der Waals surface area contributed by atoms with Crippen LogP contribution < -0.4 is 0 Å². The summed E-state index contributed by atoms with van der Waals surface area (Å²) in [4.78, 5) is 0. The fourth-order valence-corrected chi connectivity index (χ4v) is 3.88. The molecule has 17 heavy (non-hydrogen) atoms. The van der Waals surface area contributed by atoms with Gasteiger partial charge in [0.25, 0.3) is 20.2 Å². The Kier molecular flexibility index (Phi) is 7.33. The molecule has 0 unspecified atom stereocenters. The van der Waals surface area contributed by atoms with Crippen molar-refractivity contribution in [3.63, 3.8) is 0 Å². The number of allylic oxidation sites excluding steroid dienone is 2. The van der Waals surface area contributed by atoms with Gasteiger partial charge in [-0.3, -0.25) is 0 Å². The molecule has 0 spiro atoms. The Bertz CT molecular complexity index is 391. The first-order valence-electron chi connectivity index (χ1n) is 5.21. The molecule has 7 heteroatoms. The second-order valence-electron chi connectivity index (χ2n) is 3.45. The van der Waals surface area contributed by atoms with Crippen LogP contribution in [-0.4, -0.2) is 28.3 Å². The smallest absolute Gasteiger partial charge is 0.198 e. The predicted octanol–water partition coefficient (Wildman–Crippen LogP) is 1.59. The van der Waals surface area contributed by atoms with Crippen LogP contribution in [0.25, 0.3) is 0 Å². The molecule has 0 saturated heterocycles. The molecule has 0 atom stereocenters. The van der Waals surface area contributed by atoms with Gasteiger partial charge in [0.1, 0.15) is 0 Å². The third-order valence-corrected chi connectivity index (χ3v) is 5.05. The average Bonchev–Trinajstić information content (AvgIpc) is 2.16. The minimum absolute atomic E-state index is 0.300. The molecular weight excluding hydrogens is 264 g/mol. The van der Waals surface area contributed by atoms with Gasteiger partial charge in [-0.05, 0) is 25.7 Å². The third-order valence-electron chi connectivity index (χ3n) is 1.81. The van der Waals surface area contributed by atoms with Gasteiger partial charge in [-0.15, -0.1) is 16.8 Å². The standard InChI is InChI=1S/C10H18O5S2/c1-3-5-7-9-16(11,12)15-17(13,14)10-8-6-4-2/h3-4H,1-2,5-10H2. The summed E-state index contributed by atoms with van der Waals surface area (Å²) in [5.41, 5.74) is 0. The molecule has 0 amide bonds. The summed E-state index contributed by atoms with van der Waals surface area (Å²) in [5.74, 6) is -0.639. The molecule has 0 saturated carbocycles. The maximum Gasteiger partial charge on any atom is 0.281 e. The summed E-state index contributed by atoms with van der Waals surface area (Å²) in [6.45, 7) is 6.88. The lowest BCUT2D eigenvalue weighted by Crippen LogP contribution is -2.19. The Labute approximate surface area is 103 Å². The van der Waals surface area contributed by atoms with E-state index in [-0.39, 0.29) is 11.5 Å². The summed E-state index contributed by atoms with van der Waals surface area (Å²) in [6, 6.07) is 0. The van der Waals surface area contributed by atoms with Crippen molar-refractivity contribution in [2.24, 2.45) is 0 Å². The quantitative estimate of drug-likeness (QED) is 0.449. The zero-order valence-electron chi connectivity index (χ0n) is 9.67. The van der Waals surface area contributed by atoms with Crippen LogP contribution in [0.3, 0.4) is 0 Å². The summed E-state index contributed by atoms with van der Waals surface area (Å²) >= 11 is 0. The highest BCUT2D eigenvalue weighted by atomic mass is 32.3. The largest absolute Gasteiger partial charge is 0.281 e. The van der Waals surface area contributed by atoms with Gasteiger partial charge in [0.15, 0.2) is 0 Å². The summed E-state index contributed by atoms with van der Waals surface area (Å²) in [7, 11) is -8.02. The van der Waals surface area contributed by atoms with Crippen LogP contribution in [0.4, 0.5) is 0 Å². The lowest BCUT2D eigenvalue weighted by molar-refractivity contribution is 0.459. The van der Waals surface area contributed by atoms with E-state index in [0.717, 1.165) is 0 Å². The molecule has 0 aliphatic carbocycles. The zero-order valence-corrected chi connectivity index (χ0v) is 11.3. The first-order chi connectivity index (χ1) is 7.83. The molecule has 0 heterocycles.